The summed E-state index contributed by atoms with van der Waals surface area (Å²) in [5, 5.41) is 17.1. The van der Waals surface area contributed by atoms with Crippen molar-refractivity contribution in [3.63, 3.8) is 0 Å². The molecule has 2 fully saturated rings. The summed E-state index contributed by atoms with van der Waals surface area (Å²) in [6, 6.07) is 5.65. The third kappa shape index (κ3) is 6.23. The van der Waals surface area contributed by atoms with Crippen molar-refractivity contribution in [3.8, 4) is 0 Å². The normalized spacial score (nSPS) is 20.6. The van der Waals surface area contributed by atoms with Crippen molar-refractivity contribution in [1.29, 1.82) is 0 Å². The van der Waals surface area contributed by atoms with Crippen LogP contribution in [-0.4, -0.2) is 49.5 Å². The second kappa shape index (κ2) is 10.5. The molecule has 0 spiro atoms. The van der Waals surface area contributed by atoms with Crippen LogP contribution in [0.15, 0.2) is 29.3 Å². The lowest BCUT2D eigenvalue weighted by molar-refractivity contribution is -0.137. The minimum absolute atomic E-state index is 0. The minimum atomic E-state index is -4.34. The molecule has 0 atom stereocenters. The maximum atomic E-state index is 13.1. The van der Waals surface area contributed by atoms with E-state index in [2.05, 4.69) is 15.6 Å². The zero-order chi connectivity index (χ0) is 21.0. The third-order valence-corrected chi connectivity index (χ3v) is 6.01. The number of aliphatic hydroxyl groups is 1. The Kier molecular flexibility index (Phi) is 8.81. The van der Waals surface area contributed by atoms with Gasteiger partial charge < -0.3 is 20.5 Å². The van der Waals surface area contributed by atoms with Gasteiger partial charge in [0.1, 0.15) is 0 Å². The molecule has 9 heteroatoms. The van der Waals surface area contributed by atoms with Gasteiger partial charge in [0.15, 0.2) is 5.96 Å². The SMILES string of the molecule is CCNC(=NCC1(O)CCOCC1)NCC1(c2cccc(C(F)(F)F)c2)CCC1.I. The Hall–Kier alpha value is -1.07. The number of hydrogen-bond donors (Lipinski definition) is 3. The molecule has 1 saturated heterocycles. The monoisotopic (exact) mass is 541 g/mol. The number of nitrogens with one attached hydrogen (secondary N) is 2. The smallest absolute Gasteiger partial charge is 0.388 e. The van der Waals surface area contributed by atoms with Crippen LogP contribution in [0, 0.1) is 0 Å². The molecule has 1 aliphatic carbocycles. The van der Waals surface area contributed by atoms with Crippen molar-refractivity contribution in [3.05, 3.63) is 35.4 Å². The summed E-state index contributed by atoms with van der Waals surface area (Å²) in [4.78, 5) is 4.53. The zero-order valence-electron chi connectivity index (χ0n) is 17.2. The van der Waals surface area contributed by atoms with Crippen LogP contribution in [0.5, 0.6) is 0 Å². The highest BCUT2D eigenvalue weighted by Gasteiger charge is 2.40. The standard InChI is InChI=1S/C21H30F3N3O2.HI/c1-2-25-18(27-15-20(28)9-11-29-12-10-20)26-14-19(7-4-8-19)16-5-3-6-17(13-16)21(22,23)24;/h3,5-6,13,28H,2,4,7-12,14-15H2,1H3,(H2,25,26,27);1H. The van der Waals surface area contributed by atoms with Crippen LogP contribution < -0.4 is 10.6 Å². The highest BCUT2D eigenvalue weighted by Crippen LogP contribution is 2.44. The first-order valence-electron chi connectivity index (χ1n) is 10.3. The predicted molar refractivity (Wildman–Crippen MR) is 121 cm³/mol. The van der Waals surface area contributed by atoms with Gasteiger partial charge in [-0.3, -0.25) is 4.99 Å². The van der Waals surface area contributed by atoms with Crippen molar-refractivity contribution in [2.24, 2.45) is 4.99 Å². The summed E-state index contributed by atoms with van der Waals surface area (Å²) in [5.74, 6) is 0.575. The molecule has 1 heterocycles. The molecule has 1 aromatic rings. The van der Waals surface area contributed by atoms with Crippen molar-refractivity contribution in [1.82, 2.24) is 10.6 Å². The first kappa shape index (κ1) is 25.2. The Morgan fingerprint density at radius 2 is 1.87 bits per heavy atom. The van der Waals surface area contributed by atoms with E-state index in [0.717, 1.165) is 25.3 Å². The number of hydrogen-bond acceptors (Lipinski definition) is 3. The van der Waals surface area contributed by atoms with E-state index in [0.29, 0.717) is 50.7 Å². The molecule has 3 N–H and O–H groups in total. The maximum Gasteiger partial charge on any atom is 0.416 e. The summed E-state index contributed by atoms with van der Waals surface area (Å²) in [7, 11) is 0. The average Bonchev–Trinajstić information content (AvgIpc) is 2.65. The zero-order valence-corrected chi connectivity index (χ0v) is 19.6. The summed E-state index contributed by atoms with van der Waals surface area (Å²) >= 11 is 0. The van der Waals surface area contributed by atoms with Crippen molar-refractivity contribution in [2.45, 2.75) is 56.2 Å². The fourth-order valence-electron chi connectivity index (χ4n) is 3.93. The molecule has 30 heavy (non-hydrogen) atoms. The molecule has 0 bridgehead atoms. The van der Waals surface area contributed by atoms with E-state index in [9.17, 15) is 18.3 Å². The Labute approximate surface area is 192 Å². The second-order valence-electron chi connectivity index (χ2n) is 8.10. The molecule has 170 valence electrons. The molecule has 0 unspecified atom stereocenters. The van der Waals surface area contributed by atoms with Gasteiger partial charge in [0.25, 0.3) is 0 Å². The van der Waals surface area contributed by atoms with Crippen molar-refractivity contribution < 1.29 is 23.0 Å². The summed E-state index contributed by atoms with van der Waals surface area (Å²) in [6.45, 7) is 4.42. The van der Waals surface area contributed by atoms with Crippen LogP contribution in [0.1, 0.15) is 50.2 Å². The number of halogens is 4. The van der Waals surface area contributed by atoms with Crippen LogP contribution in [0.2, 0.25) is 0 Å². The topological polar surface area (TPSA) is 65.9 Å². The minimum Gasteiger partial charge on any atom is -0.388 e. The van der Waals surface area contributed by atoms with Crippen LogP contribution in [0.4, 0.5) is 13.2 Å². The van der Waals surface area contributed by atoms with Gasteiger partial charge in [-0.15, -0.1) is 24.0 Å². The number of rotatable bonds is 6. The molecule has 1 aromatic carbocycles. The quantitative estimate of drug-likeness (QED) is 0.291. The van der Waals surface area contributed by atoms with E-state index >= 15 is 0 Å². The van der Waals surface area contributed by atoms with E-state index in [1.54, 1.807) is 6.07 Å². The van der Waals surface area contributed by atoms with Crippen LogP contribution in [0.25, 0.3) is 0 Å². The molecule has 1 aliphatic heterocycles. The molecular formula is C21H31F3IN3O2. The number of ether oxygens (including phenoxy) is 1. The van der Waals surface area contributed by atoms with Gasteiger partial charge in [-0.2, -0.15) is 13.2 Å². The number of alkyl halides is 3. The Morgan fingerprint density at radius 3 is 2.43 bits per heavy atom. The summed E-state index contributed by atoms with van der Waals surface area (Å²) in [5.41, 5.74) is -1.09. The van der Waals surface area contributed by atoms with Crippen LogP contribution in [0.3, 0.4) is 0 Å². The van der Waals surface area contributed by atoms with Gasteiger partial charge in [-0.1, -0.05) is 24.6 Å². The Balaban J connectivity index is 0.00000320. The summed E-state index contributed by atoms with van der Waals surface area (Å²) in [6.07, 6.45) is -0.590. The van der Waals surface area contributed by atoms with Crippen molar-refractivity contribution in [2.75, 3.05) is 32.8 Å². The highest BCUT2D eigenvalue weighted by atomic mass is 127. The molecule has 2 aliphatic rings. The number of benzene rings is 1. The number of nitrogens with zero attached hydrogens (tertiary/aromatic N) is 1. The third-order valence-electron chi connectivity index (χ3n) is 6.01. The maximum absolute atomic E-state index is 13.1. The van der Waals surface area contributed by atoms with Crippen molar-refractivity contribution >= 4 is 29.9 Å². The average molecular weight is 541 g/mol. The van der Waals surface area contributed by atoms with E-state index < -0.39 is 17.3 Å². The molecular weight excluding hydrogens is 510 g/mol. The van der Waals surface area contributed by atoms with Gasteiger partial charge in [0.05, 0.1) is 17.7 Å². The molecule has 3 rings (SSSR count). The van der Waals surface area contributed by atoms with E-state index in [4.69, 9.17) is 4.74 Å². The van der Waals surface area contributed by atoms with E-state index in [1.807, 2.05) is 6.92 Å². The lowest BCUT2D eigenvalue weighted by atomic mass is 9.64. The molecule has 1 saturated carbocycles. The Bertz CT molecular complexity index is 718. The lowest BCUT2D eigenvalue weighted by Gasteiger charge is -2.43. The largest absolute Gasteiger partial charge is 0.416 e. The van der Waals surface area contributed by atoms with Gasteiger partial charge in [0, 0.05) is 44.6 Å². The number of guanidine groups is 1. The fourth-order valence-corrected chi connectivity index (χ4v) is 3.93. The molecule has 0 aromatic heterocycles. The second-order valence-corrected chi connectivity index (χ2v) is 8.10. The molecule has 0 amide bonds. The van der Waals surface area contributed by atoms with Crippen LogP contribution >= 0.6 is 24.0 Å². The van der Waals surface area contributed by atoms with E-state index in [1.165, 1.54) is 12.1 Å². The summed E-state index contributed by atoms with van der Waals surface area (Å²) < 4.78 is 44.7. The van der Waals surface area contributed by atoms with Crippen LogP contribution in [-0.2, 0) is 16.3 Å². The Morgan fingerprint density at radius 1 is 1.17 bits per heavy atom. The van der Waals surface area contributed by atoms with Gasteiger partial charge in [0.2, 0.25) is 0 Å². The van der Waals surface area contributed by atoms with Gasteiger partial charge >= 0.3 is 6.18 Å². The first-order valence-corrected chi connectivity index (χ1v) is 10.3. The lowest BCUT2D eigenvalue weighted by Crippen LogP contribution is -2.49. The molecule has 5 nitrogen and oxygen atoms in total. The van der Waals surface area contributed by atoms with E-state index in [-0.39, 0.29) is 35.9 Å². The highest BCUT2D eigenvalue weighted by molar-refractivity contribution is 14.0. The van der Waals surface area contributed by atoms with Gasteiger partial charge in [-0.25, -0.2) is 0 Å². The molecule has 0 radical (unpaired) electrons. The number of aliphatic imine (C=N–C) groups is 1. The first-order chi connectivity index (χ1) is 13.8. The fraction of sp³-hybridized carbons (Fsp3) is 0.667. The van der Waals surface area contributed by atoms with Gasteiger partial charge in [-0.05, 0) is 31.4 Å². The predicted octanol–water partition coefficient (Wildman–Crippen LogP) is 3.84.